The maximum atomic E-state index is 11.1. The fraction of sp³-hybridized carbons (Fsp3) is 0.500. The third-order valence-electron chi connectivity index (χ3n) is 3.26. The molecule has 16 heavy (non-hydrogen) atoms. The van der Waals surface area contributed by atoms with Gasteiger partial charge in [-0.1, -0.05) is 0 Å². The standard InChI is InChI=1S/C10H12N4O2/c15-9(13-16)8-2-11-10(12-3-8)14-4-6-1-7(6)5-14/h2-3,6-7,16H,1,4-5H2,(H,13,15). The molecule has 0 radical (unpaired) electrons. The average molecular weight is 220 g/mol. The van der Waals surface area contributed by atoms with Gasteiger partial charge < -0.3 is 4.90 Å². The van der Waals surface area contributed by atoms with Crippen molar-refractivity contribution in [3.05, 3.63) is 18.0 Å². The normalized spacial score (nSPS) is 26.4. The summed E-state index contributed by atoms with van der Waals surface area (Å²) < 4.78 is 0. The molecule has 1 aliphatic heterocycles. The number of nitrogens with one attached hydrogen (secondary N) is 1. The van der Waals surface area contributed by atoms with Crippen LogP contribution < -0.4 is 10.4 Å². The van der Waals surface area contributed by atoms with Crippen molar-refractivity contribution >= 4 is 11.9 Å². The molecular formula is C10H12N4O2. The highest BCUT2D eigenvalue weighted by Crippen LogP contribution is 2.45. The van der Waals surface area contributed by atoms with Crippen LogP contribution in [0.5, 0.6) is 0 Å². The minimum absolute atomic E-state index is 0.260. The highest BCUT2D eigenvalue weighted by molar-refractivity contribution is 5.92. The lowest BCUT2D eigenvalue weighted by Gasteiger charge is -2.17. The summed E-state index contributed by atoms with van der Waals surface area (Å²) in [6, 6.07) is 0. The lowest BCUT2D eigenvalue weighted by molar-refractivity contribution is 0.0705. The number of piperidine rings is 1. The van der Waals surface area contributed by atoms with Crippen LogP contribution in [0.3, 0.4) is 0 Å². The van der Waals surface area contributed by atoms with E-state index in [0.29, 0.717) is 5.95 Å². The smallest absolute Gasteiger partial charge is 0.277 e. The molecule has 2 fully saturated rings. The van der Waals surface area contributed by atoms with E-state index >= 15 is 0 Å². The Balaban J connectivity index is 1.74. The average Bonchev–Trinajstić information content (AvgIpc) is 2.95. The molecule has 6 nitrogen and oxygen atoms in total. The monoisotopic (exact) mass is 220 g/mol. The van der Waals surface area contributed by atoms with Gasteiger partial charge in [0.2, 0.25) is 5.95 Å². The molecule has 6 heteroatoms. The van der Waals surface area contributed by atoms with Gasteiger partial charge in [0.05, 0.1) is 5.56 Å². The molecule has 2 N–H and O–H groups in total. The van der Waals surface area contributed by atoms with Crippen LogP contribution in [0.1, 0.15) is 16.8 Å². The van der Waals surface area contributed by atoms with Crippen LogP contribution >= 0.6 is 0 Å². The number of carbonyl (C=O) groups excluding carboxylic acids is 1. The van der Waals surface area contributed by atoms with Gasteiger partial charge in [0, 0.05) is 25.5 Å². The molecule has 3 rings (SSSR count). The van der Waals surface area contributed by atoms with Gasteiger partial charge >= 0.3 is 0 Å². The van der Waals surface area contributed by atoms with Gasteiger partial charge in [-0.15, -0.1) is 0 Å². The molecule has 2 atom stereocenters. The summed E-state index contributed by atoms with van der Waals surface area (Å²) >= 11 is 0. The molecule has 1 saturated heterocycles. The Bertz CT molecular complexity index is 409. The molecule has 0 aromatic carbocycles. The van der Waals surface area contributed by atoms with Gasteiger partial charge in [0.25, 0.3) is 5.91 Å². The molecule has 1 aromatic heterocycles. The fourth-order valence-corrected chi connectivity index (χ4v) is 2.23. The van der Waals surface area contributed by atoms with E-state index in [2.05, 4.69) is 14.9 Å². The number of carbonyl (C=O) groups is 1. The third kappa shape index (κ3) is 1.51. The first-order valence-electron chi connectivity index (χ1n) is 5.29. The summed E-state index contributed by atoms with van der Waals surface area (Å²) in [5.41, 5.74) is 1.81. The van der Waals surface area contributed by atoms with Gasteiger partial charge in [0.15, 0.2) is 0 Å². The summed E-state index contributed by atoms with van der Waals surface area (Å²) in [5, 5.41) is 8.44. The summed E-state index contributed by atoms with van der Waals surface area (Å²) in [7, 11) is 0. The molecule has 2 unspecified atom stereocenters. The van der Waals surface area contributed by atoms with Gasteiger partial charge in [-0.25, -0.2) is 15.4 Å². The van der Waals surface area contributed by atoms with Crippen molar-refractivity contribution in [3.63, 3.8) is 0 Å². The minimum Gasteiger partial charge on any atom is -0.340 e. The predicted octanol–water partition coefficient (Wildman–Crippen LogP) is 0.0517. The Kier molecular flexibility index (Phi) is 2.03. The van der Waals surface area contributed by atoms with Crippen molar-refractivity contribution < 1.29 is 10.0 Å². The Labute approximate surface area is 92.3 Å². The molecule has 84 valence electrons. The highest BCUT2D eigenvalue weighted by Gasteiger charge is 2.45. The van der Waals surface area contributed by atoms with E-state index in [1.807, 2.05) is 0 Å². The second-order valence-corrected chi connectivity index (χ2v) is 4.37. The van der Waals surface area contributed by atoms with E-state index in [1.54, 1.807) is 5.48 Å². The van der Waals surface area contributed by atoms with Gasteiger partial charge in [-0.3, -0.25) is 10.0 Å². The topological polar surface area (TPSA) is 78.3 Å². The van der Waals surface area contributed by atoms with E-state index in [1.165, 1.54) is 18.8 Å². The largest absolute Gasteiger partial charge is 0.340 e. The third-order valence-corrected chi connectivity index (χ3v) is 3.26. The minimum atomic E-state index is -0.587. The number of hydrogen-bond acceptors (Lipinski definition) is 5. The first-order chi connectivity index (χ1) is 7.78. The first kappa shape index (κ1) is 9.53. The van der Waals surface area contributed by atoms with E-state index in [9.17, 15) is 4.79 Å². The molecule has 2 heterocycles. The molecule has 0 spiro atoms. The Hall–Kier alpha value is -1.69. The molecule has 1 aromatic rings. The second kappa shape index (κ2) is 3.41. The zero-order valence-electron chi connectivity index (χ0n) is 8.63. The molecule has 1 saturated carbocycles. The Morgan fingerprint density at radius 2 is 2.00 bits per heavy atom. The lowest BCUT2D eigenvalue weighted by Crippen LogP contribution is -2.25. The number of fused-ring (bicyclic) bond motifs is 1. The molecular weight excluding hydrogens is 208 g/mol. The van der Waals surface area contributed by atoms with Crippen LogP contribution in [0.4, 0.5) is 5.95 Å². The maximum absolute atomic E-state index is 11.1. The van der Waals surface area contributed by atoms with Crippen molar-refractivity contribution in [2.45, 2.75) is 6.42 Å². The van der Waals surface area contributed by atoms with E-state index < -0.39 is 5.91 Å². The van der Waals surface area contributed by atoms with Crippen LogP contribution in [-0.4, -0.2) is 34.2 Å². The number of rotatable bonds is 2. The van der Waals surface area contributed by atoms with E-state index in [0.717, 1.165) is 24.9 Å². The van der Waals surface area contributed by atoms with Crippen molar-refractivity contribution in [3.8, 4) is 0 Å². The Morgan fingerprint density at radius 1 is 1.38 bits per heavy atom. The number of nitrogens with zero attached hydrogens (tertiary/aromatic N) is 3. The number of aromatic nitrogens is 2. The van der Waals surface area contributed by atoms with Crippen molar-refractivity contribution in [1.82, 2.24) is 15.4 Å². The number of anilines is 1. The first-order valence-corrected chi connectivity index (χ1v) is 5.29. The predicted molar refractivity (Wildman–Crippen MR) is 55.1 cm³/mol. The zero-order valence-corrected chi connectivity index (χ0v) is 8.63. The maximum Gasteiger partial charge on any atom is 0.277 e. The van der Waals surface area contributed by atoms with Gasteiger partial charge in [-0.05, 0) is 18.3 Å². The van der Waals surface area contributed by atoms with E-state index in [4.69, 9.17) is 5.21 Å². The van der Waals surface area contributed by atoms with Crippen LogP contribution in [0.2, 0.25) is 0 Å². The van der Waals surface area contributed by atoms with Crippen LogP contribution in [0.15, 0.2) is 12.4 Å². The molecule has 0 bridgehead atoms. The fourth-order valence-electron chi connectivity index (χ4n) is 2.23. The summed E-state index contributed by atoms with van der Waals surface area (Å²) in [6.45, 7) is 2.05. The Morgan fingerprint density at radius 3 is 2.56 bits per heavy atom. The van der Waals surface area contributed by atoms with Crippen LogP contribution in [0.25, 0.3) is 0 Å². The van der Waals surface area contributed by atoms with Crippen molar-refractivity contribution in [1.29, 1.82) is 0 Å². The molecule has 2 aliphatic rings. The number of hydroxylamine groups is 1. The number of hydrogen-bond donors (Lipinski definition) is 2. The molecule has 1 amide bonds. The summed E-state index contributed by atoms with van der Waals surface area (Å²) in [6.07, 6.45) is 4.19. The van der Waals surface area contributed by atoms with Crippen molar-refractivity contribution in [2.24, 2.45) is 11.8 Å². The van der Waals surface area contributed by atoms with Gasteiger partial charge in [-0.2, -0.15) is 0 Å². The quantitative estimate of drug-likeness (QED) is 0.544. The summed E-state index contributed by atoms with van der Waals surface area (Å²) in [5.74, 6) is 1.73. The van der Waals surface area contributed by atoms with Crippen LogP contribution in [-0.2, 0) is 0 Å². The molecule has 1 aliphatic carbocycles. The highest BCUT2D eigenvalue weighted by atomic mass is 16.5. The lowest BCUT2D eigenvalue weighted by atomic mass is 10.3. The van der Waals surface area contributed by atoms with Crippen molar-refractivity contribution in [2.75, 3.05) is 18.0 Å². The van der Waals surface area contributed by atoms with Crippen LogP contribution in [0, 0.1) is 11.8 Å². The SMILES string of the molecule is O=C(NO)c1cnc(N2CC3CC3C2)nc1. The second-order valence-electron chi connectivity index (χ2n) is 4.37. The summed E-state index contributed by atoms with van der Waals surface area (Å²) in [4.78, 5) is 21.4. The number of amides is 1. The van der Waals surface area contributed by atoms with Gasteiger partial charge in [0.1, 0.15) is 0 Å². The zero-order chi connectivity index (χ0) is 11.1. The van der Waals surface area contributed by atoms with E-state index in [-0.39, 0.29) is 5.56 Å².